The Bertz CT molecular complexity index is 2510. The molecule has 0 aliphatic heterocycles. The number of hydrogen-bond acceptors (Lipinski definition) is 6. The average Bonchev–Trinajstić information content (AvgIpc) is 3.59. The molecule has 254 valence electrons. The van der Waals surface area contributed by atoms with Gasteiger partial charge in [0.25, 0.3) is 0 Å². The minimum atomic E-state index is -0.994. The maximum Gasteiger partial charge on any atom is 0.208 e. The average molecular weight is 682 g/mol. The highest BCUT2D eigenvalue weighted by molar-refractivity contribution is 5.92. The molecule has 0 saturated carbocycles. The molecule has 0 spiro atoms. The smallest absolute Gasteiger partial charge is 0.208 e. The molecule has 6 heteroatoms. The van der Waals surface area contributed by atoms with Crippen molar-refractivity contribution in [2.75, 3.05) is 5.32 Å². The van der Waals surface area contributed by atoms with Crippen LogP contribution in [0.4, 0.5) is 11.4 Å². The van der Waals surface area contributed by atoms with Crippen LogP contribution in [0.2, 0.25) is 0 Å². The summed E-state index contributed by atoms with van der Waals surface area (Å²) in [5.74, 6) is -4.30. The van der Waals surface area contributed by atoms with Crippen molar-refractivity contribution in [1.82, 2.24) is 0 Å². The van der Waals surface area contributed by atoms with E-state index in [4.69, 9.17) is 0 Å². The van der Waals surface area contributed by atoms with E-state index in [1.807, 2.05) is 48.5 Å². The fourth-order valence-electron chi connectivity index (χ4n) is 8.63. The number of hydrogen-bond donors (Lipinski definition) is 6. The zero-order chi connectivity index (χ0) is 35.9. The summed E-state index contributed by atoms with van der Waals surface area (Å²) in [5, 5.41) is 56.6. The molecule has 0 fully saturated rings. The zero-order valence-electron chi connectivity index (χ0n) is 28.5. The molecule has 0 saturated heterocycles. The number of phenols is 5. The zero-order valence-corrected chi connectivity index (χ0v) is 28.5. The van der Waals surface area contributed by atoms with Crippen molar-refractivity contribution in [2.45, 2.75) is 24.7 Å². The Morgan fingerprint density at radius 2 is 0.846 bits per heavy atom. The van der Waals surface area contributed by atoms with Gasteiger partial charge in [-0.1, -0.05) is 123 Å². The molecule has 9 rings (SSSR count). The molecular weight excluding hydrogens is 647 g/mol. The van der Waals surface area contributed by atoms with E-state index >= 15 is 0 Å². The van der Waals surface area contributed by atoms with E-state index < -0.39 is 34.2 Å². The monoisotopic (exact) mass is 681 g/mol. The van der Waals surface area contributed by atoms with Crippen LogP contribution in [-0.2, 0) is 10.8 Å². The van der Waals surface area contributed by atoms with Gasteiger partial charge in [-0.15, -0.1) is 0 Å². The van der Waals surface area contributed by atoms with Gasteiger partial charge in [0.1, 0.15) is 0 Å². The lowest BCUT2D eigenvalue weighted by Crippen LogP contribution is -2.28. The van der Waals surface area contributed by atoms with E-state index in [9.17, 15) is 25.5 Å². The number of rotatable bonds is 5. The number of aromatic hydroxyl groups is 5. The van der Waals surface area contributed by atoms with Crippen LogP contribution in [0, 0.1) is 0 Å². The summed E-state index contributed by atoms with van der Waals surface area (Å²) >= 11 is 0. The van der Waals surface area contributed by atoms with Crippen molar-refractivity contribution in [3.8, 4) is 62.1 Å². The van der Waals surface area contributed by atoms with Crippen molar-refractivity contribution >= 4 is 11.4 Å². The number of phenolic OH excluding ortho intramolecular Hbond substituents is 5. The lowest BCUT2D eigenvalue weighted by Gasteiger charge is -2.34. The molecule has 0 heterocycles. The van der Waals surface area contributed by atoms with E-state index in [1.165, 1.54) is 22.3 Å². The lowest BCUT2D eigenvalue weighted by atomic mass is 9.67. The van der Waals surface area contributed by atoms with Gasteiger partial charge in [-0.3, -0.25) is 0 Å². The second-order valence-electron chi connectivity index (χ2n) is 14.2. The Morgan fingerprint density at radius 3 is 1.44 bits per heavy atom. The summed E-state index contributed by atoms with van der Waals surface area (Å²) in [6.45, 7) is 4.55. The van der Waals surface area contributed by atoms with E-state index in [0.717, 1.165) is 44.8 Å². The molecule has 2 aliphatic rings. The van der Waals surface area contributed by atoms with Crippen LogP contribution in [0.15, 0.2) is 140 Å². The predicted molar refractivity (Wildman–Crippen MR) is 205 cm³/mol. The van der Waals surface area contributed by atoms with Crippen molar-refractivity contribution < 1.29 is 25.5 Å². The predicted octanol–water partition coefficient (Wildman–Crippen LogP) is 10.3. The number of fused-ring (bicyclic) bond motifs is 6. The maximum absolute atomic E-state index is 11.0. The van der Waals surface area contributed by atoms with Gasteiger partial charge in [-0.2, -0.15) is 0 Å². The van der Waals surface area contributed by atoms with Crippen LogP contribution >= 0.6 is 0 Å². The largest absolute Gasteiger partial charge is 0.504 e. The highest BCUT2D eigenvalue weighted by Crippen LogP contribution is 2.60. The quantitative estimate of drug-likeness (QED) is 0.0796. The van der Waals surface area contributed by atoms with Crippen molar-refractivity contribution in [1.29, 1.82) is 0 Å². The summed E-state index contributed by atoms with van der Waals surface area (Å²) in [4.78, 5) is 0. The van der Waals surface area contributed by atoms with Crippen molar-refractivity contribution in [2.24, 2.45) is 0 Å². The maximum atomic E-state index is 11.0. The summed E-state index contributed by atoms with van der Waals surface area (Å²) in [5.41, 5.74) is 12.2. The van der Waals surface area contributed by atoms with E-state index in [1.54, 1.807) is 6.07 Å². The number of nitrogens with one attached hydrogen (secondary N) is 1. The number of benzene rings is 7. The highest BCUT2D eigenvalue weighted by Gasteiger charge is 2.46. The molecule has 2 aliphatic carbocycles. The molecule has 6 N–H and O–H groups in total. The third kappa shape index (κ3) is 4.24. The third-order valence-corrected chi connectivity index (χ3v) is 11.1. The van der Waals surface area contributed by atoms with Crippen LogP contribution in [0.25, 0.3) is 33.4 Å². The van der Waals surface area contributed by atoms with E-state index in [-0.39, 0.29) is 11.0 Å². The fraction of sp³-hybridized carbons (Fsp3) is 0.0870. The standard InChI is InChI=1S/C46H35NO5/c1-45(2)35-16-10-9-15-31(35)32-21-18-29(24-36(32)45)47-30-19-22-34-33-20-17-26(39-40(48)42(50)44(52)43(51)41(39)49)23-37(33)46(38(34)25-30,27-11-5-3-6-12-27)28-13-7-4-8-14-28/h3-25,47-52H,1-2H3. The molecule has 7 aromatic rings. The molecule has 0 aromatic heterocycles. The molecule has 7 aromatic carbocycles. The Labute approximate surface area is 301 Å². The first kappa shape index (κ1) is 31.3. The van der Waals surface area contributed by atoms with Gasteiger partial charge >= 0.3 is 0 Å². The molecule has 0 bridgehead atoms. The summed E-state index contributed by atoms with van der Waals surface area (Å²) in [6, 6.07) is 47.6. The van der Waals surface area contributed by atoms with Gasteiger partial charge in [-0.25, -0.2) is 0 Å². The van der Waals surface area contributed by atoms with Crippen LogP contribution in [-0.4, -0.2) is 25.5 Å². The Kier molecular flexibility index (Phi) is 6.73. The summed E-state index contributed by atoms with van der Waals surface area (Å²) < 4.78 is 0. The topological polar surface area (TPSA) is 113 Å². The Balaban J connectivity index is 1.25. The normalized spacial score (nSPS) is 14.3. The molecule has 6 nitrogen and oxygen atoms in total. The van der Waals surface area contributed by atoms with Crippen molar-refractivity contribution in [3.05, 3.63) is 173 Å². The SMILES string of the molecule is CC1(C)c2ccccc2-c2ccc(Nc3ccc4c(c3)C(c3ccccc3)(c3ccccc3)c3cc(-c5c(O)c(O)c(O)c(O)c5O)ccc3-4)cc21. The van der Waals surface area contributed by atoms with Crippen LogP contribution in [0.1, 0.15) is 47.2 Å². The first-order chi connectivity index (χ1) is 25.1. The molecule has 0 unspecified atom stereocenters. The third-order valence-electron chi connectivity index (χ3n) is 11.1. The van der Waals surface area contributed by atoms with Gasteiger partial charge in [0.05, 0.1) is 11.0 Å². The fourth-order valence-corrected chi connectivity index (χ4v) is 8.63. The van der Waals surface area contributed by atoms with Gasteiger partial charge in [-0.05, 0) is 91.5 Å². The molecule has 52 heavy (non-hydrogen) atoms. The van der Waals surface area contributed by atoms with Gasteiger partial charge in [0.2, 0.25) is 17.2 Å². The molecular formula is C46H35NO5. The highest BCUT2D eigenvalue weighted by atomic mass is 16.4. The first-order valence-electron chi connectivity index (χ1n) is 17.2. The van der Waals surface area contributed by atoms with Gasteiger partial charge < -0.3 is 30.8 Å². The van der Waals surface area contributed by atoms with Crippen LogP contribution < -0.4 is 5.32 Å². The van der Waals surface area contributed by atoms with Crippen LogP contribution in [0.3, 0.4) is 0 Å². The Hall–Kier alpha value is -6.66. The molecule has 0 atom stereocenters. The minimum absolute atomic E-state index is 0.134. The Morgan fingerprint density at radius 1 is 0.404 bits per heavy atom. The molecule has 0 radical (unpaired) electrons. The minimum Gasteiger partial charge on any atom is -0.504 e. The van der Waals surface area contributed by atoms with Gasteiger partial charge in [0, 0.05) is 16.8 Å². The number of anilines is 2. The van der Waals surface area contributed by atoms with E-state index in [2.05, 4.69) is 104 Å². The van der Waals surface area contributed by atoms with E-state index in [0.29, 0.717) is 5.56 Å². The summed E-state index contributed by atoms with van der Waals surface area (Å²) in [6.07, 6.45) is 0. The van der Waals surface area contributed by atoms with Gasteiger partial charge in [0.15, 0.2) is 11.5 Å². The lowest BCUT2D eigenvalue weighted by molar-refractivity contribution is 0.330. The van der Waals surface area contributed by atoms with Crippen molar-refractivity contribution in [3.63, 3.8) is 0 Å². The second-order valence-corrected chi connectivity index (χ2v) is 14.2. The first-order valence-corrected chi connectivity index (χ1v) is 17.2. The summed E-state index contributed by atoms with van der Waals surface area (Å²) in [7, 11) is 0. The molecule has 0 amide bonds. The second kappa shape index (κ2) is 11.2. The van der Waals surface area contributed by atoms with Crippen LogP contribution in [0.5, 0.6) is 28.7 Å².